The Hall–Kier alpha value is -1.17. The Kier molecular flexibility index (Phi) is 4.56. The molecule has 0 amide bonds. The topological polar surface area (TPSA) is 74.6 Å². The highest BCUT2D eigenvalue weighted by Crippen LogP contribution is 2.52. The summed E-state index contributed by atoms with van der Waals surface area (Å²) in [7, 11) is 1.52. The highest BCUT2D eigenvalue weighted by molar-refractivity contribution is 5.91. The number of nitrogens with zero attached hydrogens (tertiary/aromatic N) is 1. The van der Waals surface area contributed by atoms with E-state index in [0.717, 1.165) is 12.0 Å². The second-order valence-electron chi connectivity index (χ2n) is 6.16. The van der Waals surface area contributed by atoms with E-state index >= 15 is 0 Å². The van der Waals surface area contributed by atoms with E-state index in [1.165, 1.54) is 12.7 Å². The van der Waals surface area contributed by atoms with E-state index in [0.29, 0.717) is 25.2 Å². The van der Waals surface area contributed by atoms with Crippen molar-refractivity contribution in [2.24, 2.45) is 5.16 Å². The minimum Gasteiger partial charge on any atom is -0.411 e. The van der Waals surface area contributed by atoms with Crippen LogP contribution >= 0.6 is 0 Å². The van der Waals surface area contributed by atoms with Crippen molar-refractivity contribution in [2.45, 2.75) is 57.3 Å². The van der Waals surface area contributed by atoms with Gasteiger partial charge in [-0.1, -0.05) is 22.9 Å². The largest absolute Gasteiger partial charge is 0.411 e. The first kappa shape index (κ1) is 16.2. The smallest absolute Gasteiger partial charge is 0.148 e. The van der Waals surface area contributed by atoms with Crippen LogP contribution < -0.4 is 0 Å². The second kappa shape index (κ2) is 5.91. The van der Waals surface area contributed by atoms with Crippen molar-refractivity contribution >= 4 is 5.71 Å². The molecule has 5 heteroatoms. The van der Waals surface area contributed by atoms with E-state index in [2.05, 4.69) is 11.2 Å². The number of oxime groups is 1. The summed E-state index contributed by atoms with van der Waals surface area (Å²) < 4.78 is 11.1. The van der Waals surface area contributed by atoms with Gasteiger partial charge in [-0.3, -0.25) is 0 Å². The van der Waals surface area contributed by atoms with E-state index in [9.17, 15) is 10.3 Å². The first-order chi connectivity index (χ1) is 9.91. The molecule has 2 rings (SSSR count). The fourth-order valence-electron chi connectivity index (χ4n) is 3.19. The lowest BCUT2D eigenvalue weighted by Crippen LogP contribution is -2.62. The molecule has 1 spiro atoms. The number of hydrogen-bond donors (Lipinski definition) is 2. The molecule has 5 nitrogen and oxygen atoms in total. The van der Waals surface area contributed by atoms with Crippen molar-refractivity contribution in [1.82, 2.24) is 0 Å². The van der Waals surface area contributed by atoms with Crippen LogP contribution in [0.4, 0.5) is 0 Å². The average molecular weight is 295 g/mol. The molecule has 2 N–H and O–H groups in total. The molecule has 2 fully saturated rings. The highest BCUT2D eigenvalue weighted by Gasteiger charge is 2.68. The van der Waals surface area contributed by atoms with Gasteiger partial charge in [0, 0.05) is 7.11 Å². The zero-order chi connectivity index (χ0) is 15.7. The van der Waals surface area contributed by atoms with Crippen LogP contribution in [0.2, 0.25) is 0 Å². The molecule has 0 bridgehead atoms. The summed E-state index contributed by atoms with van der Waals surface area (Å²) in [5, 5.41) is 23.8. The first-order valence-electron chi connectivity index (χ1n) is 7.32. The van der Waals surface area contributed by atoms with E-state index in [1.807, 2.05) is 26.8 Å². The zero-order valence-electron chi connectivity index (χ0n) is 13.2. The Labute approximate surface area is 125 Å². The number of allylic oxidation sites excluding steroid dienone is 3. The predicted molar refractivity (Wildman–Crippen MR) is 80.7 cm³/mol. The van der Waals surface area contributed by atoms with Crippen molar-refractivity contribution < 1.29 is 19.8 Å². The Morgan fingerprint density at radius 2 is 2.10 bits per heavy atom. The number of aliphatic hydroxyl groups is 1. The van der Waals surface area contributed by atoms with Gasteiger partial charge in [0.25, 0.3) is 0 Å². The number of hydrogen-bond acceptors (Lipinski definition) is 5. The standard InChI is InChI=1S/C16H25NO4/c1-11(2)6-5-7-12(3)16(18)14(20-4)13(17-19)8-9-15(16)10-21-15/h6-7,14,18-19H,5,8-10H2,1-4H3/b12-7+,17-13?/t14?,15-,16+/m0/s1. The SMILES string of the molecule is COC1C(=NO)CC[C@]2(CO2)[C@@]1(O)/C(C)=C/CC=C(C)C. The van der Waals surface area contributed by atoms with Gasteiger partial charge in [-0.15, -0.1) is 0 Å². The molecule has 1 aliphatic heterocycles. The maximum absolute atomic E-state index is 11.3. The summed E-state index contributed by atoms with van der Waals surface area (Å²) >= 11 is 0. The molecular formula is C16H25NO4. The van der Waals surface area contributed by atoms with Gasteiger partial charge in [0.2, 0.25) is 0 Å². The maximum atomic E-state index is 11.3. The number of epoxide rings is 1. The molecule has 21 heavy (non-hydrogen) atoms. The molecule has 0 aromatic rings. The lowest BCUT2D eigenvalue weighted by Gasteiger charge is -2.44. The summed E-state index contributed by atoms with van der Waals surface area (Å²) in [6.45, 7) is 6.47. The Morgan fingerprint density at radius 3 is 2.57 bits per heavy atom. The molecular weight excluding hydrogens is 270 g/mol. The minimum atomic E-state index is -1.28. The van der Waals surface area contributed by atoms with Gasteiger partial charge < -0.3 is 19.8 Å². The lowest BCUT2D eigenvalue weighted by atomic mass is 9.68. The molecule has 0 aromatic heterocycles. The van der Waals surface area contributed by atoms with Crippen LogP contribution in [0.5, 0.6) is 0 Å². The van der Waals surface area contributed by atoms with E-state index < -0.39 is 17.3 Å². The third-order valence-corrected chi connectivity index (χ3v) is 4.57. The van der Waals surface area contributed by atoms with E-state index in [1.54, 1.807) is 0 Å². The predicted octanol–water partition coefficient (Wildman–Crippen LogP) is 2.43. The van der Waals surface area contributed by atoms with Crippen molar-refractivity contribution in [3.63, 3.8) is 0 Å². The molecule has 1 saturated heterocycles. The van der Waals surface area contributed by atoms with Gasteiger partial charge in [-0.2, -0.15) is 0 Å². The van der Waals surface area contributed by atoms with Gasteiger partial charge in [-0.05, 0) is 45.6 Å². The van der Waals surface area contributed by atoms with Crippen LogP contribution in [0, 0.1) is 0 Å². The van der Waals surface area contributed by atoms with Gasteiger partial charge in [0.1, 0.15) is 17.3 Å². The maximum Gasteiger partial charge on any atom is 0.148 e. The molecule has 0 radical (unpaired) electrons. The van der Waals surface area contributed by atoms with Gasteiger partial charge in [0.05, 0.1) is 12.3 Å². The number of rotatable bonds is 4. The highest BCUT2D eigenvalue weighted by atomic mass is 16.6. The fraction of sp³-hybridized carbons (Fsp3) is 0.688. The molecule has 1 saturated carbocycles. The molecule has 1 aliphatic carbocycles. The van der Waals surface area contributed by atoms with Crippen LogP contribution in [0.1, 0.15) is 40.0 Å². The van der Waals surface area contributed by atoms with Crippen LogP contribution in [0.25, 0.3) is 0 Å². The van der Waals surface area contributed by atoms with Crippen molar-refractivity contribution in [2.75, 3.05) is 13.7 Å². The number of ether oxygens (including phenoxy) is 2. The van der Waals surface area contributed by atoms with Crippen molar-refractivity contribution in [1.29, 1.82) is 0 Å². The van der Waals surface area contributed by atoms with Crippen molar-refractivity contribution in [3.05, 3.63) is 23.3 Å². The van der Waals surface area contributed by atoms with E-state index in [4.69, 9.17) is 9.47 Å². The van der Waals surface area contributed by atoms with Gasteiger partial charge in [0.15, 0.2) is 0 Å². The molecule has 2 aliphatic rings. The van der Waals surface area contributed by atoms with Crippen LogP contribution in [0.15, 0.2) is 28.5 Å². The molecule has 118 valence electrons. The second-order valence-corrected chi connectivity index (χ2v) is 6.16. The summed E-state index contributed by atoms with van der Waals surface area (Å²) in [4.78, 5) is 0. The average Bonchev–Trinajstić information content (AvgIpc) is 3.22. The lowest BCUT2D eigenvalue weighted by molar-refractivity contribution is -0.0966. The Morgan fingerprint density at radius 1 is 1.43 bits per heavy atom. The number of methoxy groups -OCH3 is 1. The van der Waals surface area contributed by atoms with E-state index in [-0.39, 0.29) is 0 Å². The summed E-state index contributed by atoms with van der Waals surface area (Å²) in [6, 6.07) is 0. The van der Waals surface area contributed by atoms with Crippen LogP contribution in [0.3, 0.4) is 0 Å². The zero-order valence-corrected chi connectivity index (χ0v) is 13.2. The third kappa shape index (κ3) is 2.65. The summed E-state index contributed by atoms with van der Waals surface area (Å²) in [5.74, 6) is 0. The Bertz CT molecular complexity index is 487. The normalized spacial score (nSPS) is 37.9. The first-order valence-corrected chi connectivity index (χ1v) is 7.32. The Balaban J connectivity index is 2.35. The fourth-order valence-corrected chi connectivity index (χ4v) is 3.19. The van der Waals surface area contributed by atoms with Crippen LogP contribution in [-0.4, -0.2) is 47.0 Å². The quantitative estimate of drug-likeness (QED) is 0.361. The summed E-state index contributed by atoms with van der Waals surface area (Å²) in [5.41, 5.74) is 0.610. The van der Waals surface area contributed by atoms with Crippen LogP contribution in [-0.2, 0) is 9.47 Å². The molecule has 0 aromatic carbocycles. The summed E-state index contributed by atoms with van der Waals surface area (Å²) in [6.07, 6.45) is 5.35. The minimum absolute atomic E-state index is 0.469. The molecule has 3 atom stereocenters. The van der Waals surface area contributed by atoms with Gasteiger partial charge in [-0.25, -0.2) is 0 Å². The third-order valence-electron chi connectivity index (χ3n) is 4.57. The molecule has 1 heterocycles. The van der Waals surface area contributed by atoms with Crippen molar-refractivity contribution in [3.8, 4) is 0 Å². The monoisotopic (exact) mass is 295 g/mol. The van der Waals surface area contributed by atoms with Gasteiger partial charge >= 0.3 is 0 Å². The molecule has 1 unspecified atom stereocenters.